The zero-order chi connectivity index (χ0) is 14.8. The van der Waals surface area contributed by atoms with Crippen molar-refractivity contribution in [3.63, 3.8) is 0 Å². The van der Waals surface area contributed by atoms with E-state index < -0.39 is 9.84 Å². The molecule has 0 radical (unpaired) electrons. The van der Waals surface area contributed by atoms with Crippen molar-refractivity contribution in [3.8, 4) is 0 Å². The van der Waals surface area contributed by atoms with Crippen LogP contribution in [-0.4, -0.2) is 40.1 Å². The Bertz CT molecular complexity index is 535. The van der Waals surface area contributed by atoms with Gasteiger partial charge < -0.3 is 10.2 Å². The summed E-state index contributed by atoms with van der Waals surface area (Å²) in [4.78, 5) is 2.09. The molecule has 1 aliphatic rings. The van der Waals surface area contributed by atoms with Crippen LogP contribution in [0.4, 0.5) is 5.69 Å². The van der Waals surface area contributed by atoms with E-state index in [4.69, 9.17) is 0 Å². The van der Waals surface area contributed by atoms with Gasteiger partial charge in [0.15, 0.2) is 9.84 Å². The topological polar surface area (TPSA) is 49.4 Å². The van der Waals surface area contributed by atoms with E-state index in [-0.39, 0.29) is 11.8 Å². The first-order chi connectivity index (χ1) is 9.46. The van der Waals surface area contributed by atoms with E-state index in [0.29, 0.717) is 11.8 Å². The van der Waals surface area contributed by atoms with E-state index in [1.54, 1.807) is 0 Å². The molecule has 1 aromatic rings. The van der Waals surface area contributed by atoms with E-state index in [2.05, 4.69) is 41.4 Å². The first-order valence-electron chi connectivity index (χ1n) is 7.17. The first-order valence-corrected chi connectivity index (χ1v) is 8.99. The summed E-state index contributed by atoms with van der Waals surface area (Å²) in [5.41, 5.74) is 2.35. The van der Waals surface area contributed by atoms with Crippen molar-refractivity contribution >= 4 is 15.5 Å². The van der Waals surface area contributed by atoms with Crippen molar-refractivity contribution in [2.24, 2.45) is 0 Å². The standard InChI is InChI=1S/C15H24N2O2S/c1-4-15(16-2)12-5-7-13(8-6-12)17(3)14-9-10-20(18,19)11-14/h5-8,14-16H,4,9-11H2,1-3H3. The molecule has 5 heteroatoms. The predicted molar refractivity (Wildman–Crippen MR) is 84.0 cm³/mol. The van der Waals surface area contributed by atoms with Gasteiger partial charge >= 0.3 is 0 Å². The van der Waals surface area contributed by atoms with Gasteiger partial charge in [-0.15, -0.1) is 0 Å². The molecule has 4 nitrogen and oxygen atoms in total. The zero-order valence-corrected chi connectivity index (χ0v) is 13.3. The zero-order valence-electron chi connectivity index (χ0n) is 12.5. The summed E-state index contributed by atoms with van der Waals surface area (Å²) >= 11 is 0. The van der Waals surface area contributed by atoms with Gasteiger partial charge in [0.2, 0.25) is 0 Å². The molecular formula is C15H24N2O2S. The third-order valence-electron chi connectivity index (χ3n) is 4.22. The molecule has 1 fully saturated rings. The lowest BCUT2D eigenvalue weighted by atomic mass is 10.0. The summed E-state index contributed by atoms with van der Waals surface area (Å²) < 4.78 is 23.1. The second kappa shape index (κ2) is 6.14. The number of rotatable bonds is 5. The van der Waals surface area contributed by atoms with Gasteiger partial charge in [-0.1, -0.05) is 19.1 Å². The molecule has 0 spiro atoms. The largest absolute Gasteiger partial charge is 0.371 e. The van der Waals surface area contributed by atoms with Crippen LogP contribution in [0.2, 0.25) is 0 Å². The van der Waals surface area contributed by atoms with Gasteiger partial charge in [-0.25, -0.2) is 8.42 Å². The Morgan fingerprint density at radius 3 is 2.45 bits per heavy atom. The van der Waals surface area contributed by atoms with Crippen molar-refractivity contribution in [1.29, 1.82) is 0 Å². The van der Waals surface area contributed by atoms with Crippen LogP contribution in [0.25, 0.3) is 0 Å². The lowest BCUT2D eigenvalue weighted by Gasteiger charge is -2.26. The molecule has 2 atom stereocenters. The number of benzene rings is 1. The van der Waals surface area contributed by atoms with Crippen LogP contribution in [0.5, 0.6) is 0 Å². The number of anilines is 1. The third-order valence-corrected chi connectivity index (χ3v) is 5.97. The predicted octanol–water partition coefficient (Wildman–Crippen LogP) is 1.98. The fourth-order valence-corrected chi connectivity index (χ4v) is 4.61. The number of sulfone groups is 1. The molecule has 0 saturated carbocycles. The molecule has 1 saturated heterocycles. The van der Waals surface area contributed by atoms with Crippen molar-refractivity contribution < 1.29 is 8.42 Å². The van der Waals surface area contributed by atoms with Gasteiger partial charge in [-0.05, 0) is 37.6 Å². The Labute approximate surface area is 122 Å². The fraction of sp³-hybridized carbons (Fsp3) is 0.600. The molecule has 0 amide bonds. The SMILES string of the molecule is CCC(NC)c1ccc(N(C)C2CCS(=O)(=O)C2)cc1. The van der Waals surface area contributed by atoms with Crippen molar-refractivity contribution in [2.45, 2.75) is 31.8 Å². The van der Waals surface area contributed by atoms with E-state index >= 15 is 0 Å². The summed E-state index contributed by atoms with van der Waals surface area (Å²) in [6.07, 6.45) is 1.78. The van der Waals surface area contributed by atoms with Gasteiger partial charge in [-0.2, -0.15) is 0 Å². The van der Waals surface area contributed by atoms with Crippen LogP contribution in [0, 0.1) is 0 Å². The molecule has 1 N–H and O–H groups in total. The number of nitrogens with zero attached hydrogens (tertiary/aromatic N) is 1. The van der Waals surface area contributed by atoms with Gasteiger partial charge in [0.1, 0.15) is 0 Å². The molecule has 1 aromatic carbocycles. The van der Waals surface area contributed by atoms with Gasteiger partial charge in [-0.3, -0.25) is 0 Å². The van der Waals surface area contributed by atoms with Crippen molar-refractivity contribution in [1.82, 2.24) is 5.32 Å². The first kappa shape index (κ1) is 15.3. The molecule has 112 valence electrons. The molecule has 0 aliphatic carbocycles. The summed E-state index contributed by atoms with van der Waals surface area (Å²) in [7, 11) is 1.12. The minimum absolute atomic E-state index is 0.108. The normalized spacial score (nSPS) is 22.6. The summed E-state index contributed by atoms with van der Waals surface area (Å²) in [5, 5.41) is 3.29. The smallest absolute Gasteiger partial charge is 0.152 e. The highest BCUT2D eigenvalue weighted by atomic mass is 32.2. The minimum Gasteiger partial charge on any atom is -0.371 e. The Balaban J connectivity index is 2.10. The Morgan fingerprint density at radius 2 is 2.00 bits per heavy atom. The average molecular weight is 296 g/mol. The van der Waals surface area contributed by atoms with Crippen molar-refractivity contribution in [3.05, 3.63) is 29.8 Å². The van der Waals surface area contributed by atoms with E-state index in [1.807, 2.05) is 14.1 Å². The molecule has 2 rings (SSSR count). The number of hydrogen-bond donors (Lipinski definition) is 1. The summed E-state index contributed by atoms with van der Waals surface area (Å²) in [5.74, 6) is 0.594. The molecule has 1 aliphatic heterocycles. The molecule has 2 unspecified atom stereocenters. The lowest BCUT2D eigenvalue weighted by Crippen LogP contribution is -2.32. The maximum Gasteiger partial charge on any atom is 0.152 e. The van der Waals surface area contributed by atoms with E-state index in [0.717, 1.165) is 18.5 Å². The van der Waals surface area contributed by atoms with E-state index in [9.17, 15) is 8.42 Å². The number of hydrogen-bond acceptors (Lipinski definition) is 4. The molecular weight excluding hydrogens is 272 g/mol. The maximum absolute atomic E-state index is 11.6. The van der Waals surface area contributed by atoms with Crippen LogP contribution in [0.3, 0.4) is 0 Å². The van der Waals surface area contributed by atoms with Crippen molar-refractivity contribution in [2.75, 3.05) is 30.5 Å². The quantitative estimate of drug-likeness (QED) is 0.902. The Morgan fingerprint density at radius 1 is 1.35 bits per heavy atom. The molecule has 0 bridgehead atoms. The fourth-order valence-electron chi connectivity index (χ4n) is 2.84. The third kappa shape index (κ3) is 3.33. The van der Waals surface area contributed by atoms with Gasteiger partial charge in [0.05, 0.1) is 11.5 Å². The Hall–Kier alpha value is -1.07. The highest BCUT2D eigenvalue weighted by Gasteiger charge is 2.30. The van der Waals surface area contributed by atoms with Crippen LogP contribution in [-0.2, 0) is 9.84 Å². The second-order valence-electron chi connectivity index (χ2n) is 5.51. The van der Waals surface area contributed by atoms with Crippen LogP contribution < -0.4 is 10.2 Å². The van der Waals surface area contributed by atoms with Gasteiger partial charge in [0.25, 0.3) is 0 Å². The van der Waals surface area contributed by atoms with E-state index in [1.165, 1.54) is 5.56 Å². The van der Waals surface area contributed by atoms with Crippen LogP contribution in [0.15, 0.2) is 24.3 Å². The monoisotopic (exact) mass is 296 g/mol. The Kier molecular flexibility index (Phi) is 4.70. The maximum atomic E-state index is 11.6. The molecule has 0 aromatic heterocycles. The van der Waals surface area contributed by atoms with Crippen LogP contribution >= 0.6 is 0 Å². The van der Waals surface area contributed by atoms with Crippen LogP contribution in [0.1, 0.15) is 31.4 Å². The number of nitrogens with one attached hydrogen (secondary N) is 1. The molecule has 1 heterocycles. The summed E-state index contributed by atoms with van der Waals surface area (Å²) in [6, 6.07) is 8.90. The van der Waals surface area contributed by atoms with Gasteiger partial charge in [0, 0.05) is 24.8 Å². The average Bonchev–Trinajstić information content (AvgIpc) is 2.80. The highest BCUT2D eigenvalue weighted by Crippen LogP contribution is 2.25. The molecule has 20 heavy (non-hydrogen) atoms. The second-order valence-corrected chi connectivity index (χ2v) is 7.74. The summed E-state index contributed by atoms with van der Waals surface area (Å²) in [6.45, 7) is 2.16. The highest BCUT2D eigenvalue weighted by molar-refractivity contribution is 7.91. The lowest BCUT2D eigenvalue weighted by molar-refractivity contribution is 0.577. The minimum atomic E-state index is -2.83.